The van der Waals surface area contributed by atoms with Crippen molar-refractivity contribution in [3.63, 3.8) is 0 Å². The van der Waals surface area contributed by atoms with Gasteiger partial charge in [-0.1, -0.05) is 58.5 Å². The molecule has 0 unspecified atom stereocenters. The number of rotatable bonds is 4. The molecule has 3 N–H and O–H groups in total. The van der Waals surface area contributed by atoms with Gasteiger partial charge >= 0.3 is 0 Å². The van der Waals surface area contributed by atoms with Crippen LogP contribution in [0.2, 0.25) is 20.1 Å². The van der Waals surface area contributed by atoms with E-state index in [1.807, 2.05) is 0 Å². The Labute approximate surface area is 211 Å². The zero-order chi connectivity index (χ0) is 24.6. The number of amides is 2. The minimum atomic E-state index is -0.851. The van der Waals surface area contributed by atoms with E-state index in [9.17, 15) is 19.7 Å². The monoisotopic (exact) mass is 537 g/mol. The molecule has 0 aliphatic heterocycles. The van der Waals surface area contributed by atoms with Crippen molar-refractivity contribution in [2.45, 2.75) is 0 Å². The van der Waals surface area contributed by atoms with E-state index in [1.54, 1.807) is 24.3 Å². The zero-order valence-corrected chi connectivity index (χ0v) is 19.7. The third-order valence-electron chi connectivity index (χ3n) is 4.75. The molecule has 0 atom stereocenters. The fourth-order valence-electron chi connectivity index (χ4n) is 3.12. The maximum Gasteiger partial charge on any atom is 0.272 e. The van der Waals surface area contributed by atoms with Crippen LogP contribution in [0.25, 0.3) is 22.4 Å². The largest absolute Gasteiger partial charge is 0.338 e. The number of benzene rings is 3. The van der Waals surface area contributed by atoms with E-state index < -0.39 is 16.7 Å². The number of fused-ring (bicyclic) bond motifs is 1. The molecular weight excluding hydrogens is 528 g/mol. The molecule has 0 bridgehead atoms. The van der Waals surface area contributed by atoms with E-state index in [0.717, 1.165) is 12.1 Å². The molecule has 1 heterocycles. The molecule has 3 aromatic carbocycles. The third-order valence-corrected chi connectivity index (χ3v) is 6.55. The van der Waals surface area contributed by atoms with Crippen LogP contribution in [-0.4, -0.2) is 26.7 Å². The lowest BCUT2D eigenvalue weighted by atomic mass is 10.1. The van der Waals surface area contributed by atoms with Crippen LogP contribution in [-0.2, 0) is 0 Å². The van der Waals surface area contributed by atoms with Crippen LogP contribution in [0.15, 0.2) is 48.5 Å². The van der Waals surface area contributed by atoms with Gasteiger partial charge in [0.05, 0.1) is 47.2 Å². The predicted molar refractivity (Wildman–Crippen MR) is 130 cm³/mol. The molecule has 0 spiro atoms. The van der Waals surface area contributed by atoms with Gasteiger partial charge < -0.3 is 4.98 Å². The van der Waals surface area contributed by atoms with Gasteiger partial charge in [-0.25, -0.2) is 4.98 Å². The number of hydrogen-bond donors (Lipinski definition) is 3. The Balaban J connectivity index is 1.68. The van der Waals surface area contributed by atoms with Gasteiger partial charge in [0.1, 0.15) is 5.82 Å². The summed E-state index contributed by atoms with van der Waals surface area (Å²) in [5.74, 6) is -1.37. The molecule has 0 saturated heterocycles. The highest BCUT2D eigenvalue weighted by Gasteiger charge is 2.28. The first-order valence-corrected chi connectivity index (χ1v) is 10.9. The number of aromatic nitrogens is 2. The summed E-state index contributed by atoms with van der Waals surface area (Å²) in [6.07, 6.45) is 0. The number of H-pyrrole nitrogens is 1. The average Bonchev–Trinajstić information content (AvgIpc) is 3.26. The van der Waals surface area contributed by atoms with E-state index in [2.05, 4.69) is 20.8 Å². The molecule has 0 aliphatic rings. The molecule has 0 aliphatic carbocycles. The van der Waals surface area contributed by atoms with Crippen molar-refractivity contribution < 1.29 is 14.5 Å². The van der Waals surface area contributed by atoms with Gasteiger partial charge in [0.15, 0.2) is 0 Å². The Hall–Kier alpha value is -3.37. The molecule has 4 aromatic rings. The smallest absolute Gasteiger partial charge is 0.272 e. The Morgan fingerprint density at radius 3 is 2.12 bits per heavy atom. The minimum absolute atomic E-state index is 0.0676. The second-order valence-corrected chi connectivity index (χ2v) is 8.33. The van der Waals surface area contributed by atoms with Crippen molar-refractivity contribution in [2.24, 2.45) is 0 Å². The summed E-state index contributed by atoms with van der Waals surface area (Å²) in [5.41, 5.74) is 5.52. The first kappa shape index (κ1) is 23.8. The molecule has 9 nitrogen and oxygen atoms in total. The second-order valence-electron chi connectivity index (χ2n) is 6.82. The molecule has 0 saturated carbocycles. The Kier molecular flexibility index (Phi) is 6.63. The van der Waals surface area contributed by atoms with Crippen LogP contribution in [0.4, 0.5) is 5.69 Å². The summed E-state index contributed by atoms with van der Waals surface area (Å²) in [6, 6.07) is 11.9. The number of carbonyl (C=O) groups excluding carboxylic acids is 2. The molecule has 0 radical (unpaired) electrons. The standard InChI is InChI=1S/C21H11Cl4N5O4/c22-15-13(19-26-11-3-1-2-4-12(11)27-19)14(16(23)18(25)17(15)24)21(32)29-28-20(31)9-5-7-10(8-6-9)30(33)34/h1-8H,(H,26,27)(H,28,31)(H,29,32). The highest BCUT2D eigenvalue weighted by molar-refractivity contribution is 6.54. The lowest BCUT2D eigenvalue weighted by molar-refractivity contribution is -0.384. The number of para-hydroxylation sites is 2. The van der Waals surface area contributed by atoms with Crippen molar-refractivity contribution in [3.05, 3.63) is 89.9 Å². The van der Waals surface area contributed by atoms with Crippen molar-refractivity contribution in [3.8, 4) is 11.4 Å². The third kappa shape index (κ3) is 4.38. The maximum absolute atomic E-state index is 13.1. The summed E-state index contributed by atoms with van der Waals surface area (Å²) in [7, 11) is 0. The first-order chi connectivity index (χ1) is 16.2. The van der Waals surface area contributed by atoms with Crippen molar-refractivity contribution in [2.75, 3.05) is 0 Å². The van der Waals surface area contributed by atoms with Gasteiger partial charge in [0, 0.05) is 17.7 Å². The van der Waals surface area contributed by atoms with Crippen LogP contribution in [0.5, 0.6) is 0 Å². The van der Waals surface area contributed by atoms with Crippen LogP contribution in [0.3, 0.4) is 0 Å². The normalized spacial score (nSPS) is 10.8. The number of nitrogens with one attached hydrogen (secondary N) is 3. The molecular formula is C21H11Cl4N5O4. The summed E-state index contributed by atoms with van der Waals surface area (Å²) in [5, 5.41) is 10.3. The summed E-state index contributed by atoms with van der Waals surface area (Å²) < 4.78 is 0. The van der Waals surface area contributed by atoms with Crippen molar-refractivity contribution in [1.82, 2.24) is 20.8 Å². The van der Waals surface area contributed by atoms with E-state index in [4.69, 9.17) is 46.4 Å². The average molecular weight is 539 g/mol. The molecule has 1 aromatic heterocycles. The van der Waals surface area contributed by atoms with Crippen molar-refractivity contribution >= 4 is 74.9 Å². The number of aromatic amines is 1. The molecule has 34 heavy (non-hydrogen) atoms. The zero-order valence-electron chi connectivity index (χ0n) is 16.7. The van der Waals surface area contributed by atoms with E-state index in [0.29, 0.717) is 11.0 Å². The molecule has 4 rings (SSSR count). The van der Waals surface area contributed by atoms with Gasteiger partial charge in [-0.2, -0.15) is 0 Å². The molecule has 13 heteroatoms. The maximum atomic E-state index is 13.1. The number of non-ortho nitro benzene ring substituents is 1. The van der Waals surface area contributed by atoms with E-state index >= 15 is 0 Å². The number of hydrazine groups is 1. The van der Waals surface area contributed by atoms with E-state index in [1.165, 1.54) is 12.1 Å². The highest BCUT2D eigenvalue weighted by atomic mass is 35.5. The van der Waals surface area contributed by atoms with Crippen molar-refractivity contribution in [1.29, 1.82) is 0 Å². The summed E-state index contributed by atoms with van der Waals surface area (Å²) >= 11 is 25.2. The van der Waals surface area contributed by atoms with E-state index in [-0.39, 0.29) is 48.3 Å². The molecule has 172 valence electrons. The Morgan fingerprint density at radius 2 is 1.47 bits per heavy atom. The summed E-state index contributed by atoms with van der Waals surface area (Å²) in [6.45, 7) is 0. The van der Waals surface area contributed by atoms with Gasteiger partial charge in [0.25, 0.3) is 17.5 Å². The van der Waals surface area contributed by atoms with Gasteiger partial charge in [-0.3, -0.25) is 30.6 Å². The fourth-order valence-corrected chi connectivity index (χ4v) is 4.15. The lowest BCUT2D eigenvalue weighted by Crippen LogP contribution is -2.42. The van der Waals surface area contributed by atoms with Crippen LogP contribution in [0.1, 0.15) is 20.7 Å². The number of imidazole rings is 1. The predicted octanol–water partition coefficient (Wildman–Crippen LogP) is 5.83. The number of halogens is 4. The Bertz CT molecular complexity index is 1440. The second kappa shape index (κ2) is 9.47. The number of hydrogen-bond acceptors (Lipinski definition) is 5. The fraction of sp³-hybridized carbons (Fsp3) is 0. The number of nitro benzene ring substituents is 1. The minimum Gasteiger partial charge on any atom is -0.338 e. The topological polar surface area (TPSA) is 130 Å². The molecule has 2 amide bonds. The Morgan fingerprint density at radius 1 is 0.853 bits per heavy atom. The van der Waals surface area contributed by atoms with Crippen LogP contribution >= 0.6 is 46.4 Å². The van der Waals surface area contributed by atoms with Gasteiger partial charge in [-0.15, -0.1) is 0 Å². The number of carbonyl (C=O) groups is 2. The molecule has 0 fully saturated rings. The first-order valence-electron chi connectivity index (χ1n) is 9.35. The highest BCUT2D eigenvalue weighted by Crippen LogP contribution is 2.45. The van der Waals surface area contributed by atoms with Gasteiger partial charge in [0.2, 0.25) is 0 Å². The number of nitrogens with zero attached hydrogens (tertiary/aromatic N) is 2. The van der Waals surface area contributed by atoms with Gasteiger partial charge in [-0.05, 0) is 24.3 Å². The SMILES string of the molecule is O=C(NNC(=O)c1c(Cl)c(Cl)c(Cl)c(Cl)c1-c1nc2ccccc2[nH]1)c1ccc([N+](=O)[O-])cc1. The van der Waals surface area contributed by atoms with Crippen LogP contribution < -0.4 is 10.9 Å². The lowest BCUT2D eigenvalue weighted by Gasteiger charge is -2.15. The quantitative estimate of drug-likeness (QED) is 0.130. The van der Waals surface area contributed by atoms with Crippen LogP contribution in [0, 0.1) is 10.1 Å². The summed E-state index contributed by atoms with van der Waals surface area (Å²) in [4.78, 5) is 43.1. The number of nitro groups is 1.